The highest BCUT2D eigenvalue weighted by atomic mass is 32.2. The Morgan fingerprint density at radius 1 is 1.40 bits per heavy atom. The van der Waals surface area contributed by atoms with Crippen LogP contribution in [0.2, 0.25) is 0 Å². The van der Waals surface area contributed by atoms with Crippen LogP contribution in [-0.4, -0.2) is 31.3 Å². The van der Waals surface area contributed by atoms with Crippen molar-refractivity contribution >= 4 is 17.7 Å². The standard InChI is InChI=1S/C16H20N2OS/c19-16(18-10-7-12-5-8-17-9-6-12)14-11-20-15-4-2-1-3-13(14)15/h1-5,14,17H,6-11H2,(H,18,19). The van der Waals surface area contributed by atoms with E-state index in [0.29, 0.717) is 0 Å². The van der Waals surface area contributed by atoms with Gasteiger partial charge in [0.25, 0.3) is 0 Å². The third kappa shape index (κ3) is 3.07. The van der Waals surface area contributed by atoms with Gasteiger partial charge < -0.3 is 10.6 Å². The normalized spacial score (nSPS) is 21.2. The van der Waals surface area contributed by atoms with E-state index in [0.717, 1.165) is 38.2 Å². The minimum Gasteiger partial charge on any atom is -0.355 e. The molecule has 0 fully saturated rings. The number of fused-ring (bicyclic) bond motifs is 1. The van der Waals surface area contributed by atoms with Crippen molar-refractivity contribution in [3.8, 4) is 0 Å². The van der Waals surface area contributed by atoms with Crippen LogP contribution < -0.4 is 10.6 Å². The van der Waals surface area contributed by atoms with Gasteiger partial charge in [0.05, 0.1) is 5.92 Å². The van der Waals surface area contributed by atoms with Crippen LogP contribution in [0.3, 0.4) is 0 Å². The van der Waals surface area contributed by atoms with E-state index in [1.165, 1.54) is 16.0 Å². The van der Waals surface area contributed by atoms with E-state index in [4.69, 9.17) is 0 Å². The molecule has 4 heteroatoms. The first-order chi connectivity index (χ1) is 9.84. The van der Waals surface area contributed by atoms with E-state index < -0.39 is 0 Å². The number of carbonyl (C=O) groups is 1. The smallest absolute Gasteiger partial charge is 0.228 e. The van der Waals surface area contributed by atoms with Gasteiger partial charge >= 0.3 is 0 Å². The summed E-state index contributed by atoms with van der Waals surface area (Å²) in [7, 11) is 0. The van der Waals surface area contributed by atoms with Crippen molar-refractivity contribution in [1.29, 1.82) is 0 Å². The van der Waals surface area contributed by atoms with Gasteiger partial charge in [0.1, 0.15) is 0 Å². The Labute approximate surface area is 124 Å². The summed E-state index contributed by atoms with van der Waals surface area (Å²) in [6.45, 7) is 2.79. The lowest BCUT2D eigenvalue weighted by Crippen LogP contribution is -2.31. The fraction of sp³-hybridized carbons (Fsp3) is 0.438. The molecule has 1 unspecified atom stereocenters. The highest BCUT2D eigenvalue weighted by molar-refractivity contribution is 7.99. The minimum absolute atomic E-state index is 0.0261. The number of carbonyl (C=O) groups excluding carboxylic acids is 1. The quantitative estimate of drug-likeness (QED) is 0.835. The van der Waals surface area contributed by atoms with Gasteiger partial charge in [-0.25, -0.2) is 0 Å². The van der Waals surface area contributed by atoms with Gasteiger partial charge in [0, 0.05) is 23.7 Å². The van der Waals surface area contributed by atoms with Crippen molar-refractivity contribution in [3.05, 3.63) is 41.5 Å². The molecule has 2 aliphatic rings. The SMILES string of the molecule is O=C(NCCC1=CCNCC1)C1CSc2ccccc21. The van der Waals surface area contributed by atoms with Gasteiger partial charge in [-0.2, -0.15) is 0 Å². The lowest BCUT2D eigenvalue weighted by Gasteiger charge is -2.15. The molecule has 20 heavy (non-hydrogen) atoms. The number of rotatable bonds is 4. The molecule has 0 aromatic heterocycles. The fourth-order valence-electron chi connectivity index (χ4n) is 2.75. The van der Waals surface area contributed by atoms with Crippen molar-refractivity contribution in [1.82, 2.24) is 10.6 Å². The van der Waals surface area contributed by atoms with Crippen LogP contribution in [-0.2, 0) is 4.79 Å². The summed E-state index contributed by atoms with van der Waals surface area (Å²) < 4.78 is 0. The molecule has 0 saturated heterocycles. The van der Waals surface area contributed by atoms with Crippen molar-refractivity contribution in [2.24, 2.45) is 0 Å². The number of thioether (sulfide) groups is 1. The van der Waals surface area contributed by atoms with Gasteiger partial charge in [-0.3, -0.25) is 4.79 Å². The molecule has 1 atom stereocenters. The number of hydrogen-bond acceptors (Lipinski definition) is 3. The zero-order valence-corrected chi connectivity index (χ0v) is 12.3. The molecule has 0 bridgehead atoms. The Morgan fingerprint density at radius 2 is 2.30 bits per heavy atom. The van der Waals surface area contributed by atoms with Crippen LogP contribution in [0.4, 0.5) is 0 Å². The first-order valence-electron chi connectivity index (χ1n) is 7.22. The molecule has 3 nitrogen and oxygen atoms in total. The Bertz CT molecular complexity index is 527. The second kappa shape index (κ2) is 6.46. The van der Waals surface area contributed by atoms with E-state index in [-0.39, 0.29) is 11.8 Å². The predicted octanol–water partition coefficient (Wildman–Crippen LogP) is 2.30. The average Bonchev–Trinajstić information content (AvgIpc) is 2.92. The van der Waals surface area contributed by atoms with Crippen LogP contribution in [0.25, 0.3) is 0 Å². The molecule has 0 spiro atoms. The summed E-state index contributed by atoms with van der Waals surface area (Å²) in [4.78, 5) is 13.6. The summed E-state index contributed by atoms with van der Waals surface area (Å²) in [5, 5.41) is 6.40. The Balaban J connectivity index is 1.52. The molecule has 106 valence electrons. The molecule has 0 radical (unpaired) electrons. The molecule has 0 aliphatic carbocycles. The molecule has 2 aliphatic heterocycles. The zero-order chi connectivity index (χ0) is 13.8. The molecule has 3 rings (SSSR count). The maximum atomic E-state index is 12.3. The van der Waals surface area contributed by atoms with Crippen LogP contribution in [0.15, 0.2) is 40.8 Å². The summed E-state index contributed by atoms with van der Waals surface area (Å²) in [6, 6.07) is 8.24. The molecular formula is C16H20N2OS. The third-order valence-corrected chi connectivity index (χ3v) is 5.10. The molecule has 2 N–H and O–H groups in total. The average molecular weight is 288 g/mol. The minimum atomic E-state index is 0.0261. The van der Waals surface area contributed by atoms with Crippen LogP contribution in [0.5, 0.6) is 0 Å². The first-order valence-corrected chi connectivity index (χ1v) is 8.21. The molecule has 1 aromatic carbocycles. The summed E-state index contributed by atoms with van der Waals surface area (Å²) >= 11 is 1.79. The third-order valence-electron chi connectivity index (χ3n) is 3.92. The van der Waals surface area contributed by atoms with E-state index in [2.05, 4.69) is 28.8 Å². The van der Waals surface area contributed by atoms with Crippen molar-refractivity contribution < 1.29 is 4.79 Å². The van der Waals surface area contributed by atoms with Gasteiger partial charge in [0.2, 0.25) is 5.91 Å². The second-order valence-electron chi connectivity index (χ2n) is 5.26. The second-order valence-corrected chi connectivity index (χ2v) is 6.32. The number of benzene rings is 1. The molecule has 1 amide bonds. The highest BCUT2D eigenvalue weighted by Crippen LogP contribution is 2.39. The Kier molecular flexibility index (Phi) is 4.43. The van der Waals surface area contributed by atoms with Crippen LogP contribution in [0.1, 0.15) is 24.3 Å². The summed E-state index contributed by atoms with van der Waals surface area (Å²) in [5.41, 5.74) is 2.65. The summed E-state index contributed by atoms with van der Waals surface area (Å²) in [6.07, 6.45) is 4.34. The topological polar surface area (TPSA) is 41.1 Å². The van der Waals surface area contributed by atoms with E-state index in [9.17, 15) is 4.79 Å². The molecule has 1 aromatic rings. The fourth-order valence-corrected chi connectivity index (χ4v) is 3.97. The Hall–Kier alpha value is -1.26. The maximum Gasteiger partial charge on any atom is 0.228 e. The predicted molar refractivity (Wildman–Crippen MR) is 83.1 cm³/mol. The lowest BCUT2D eigenvalue weighted by molar-refractivity contribution is -0.122. The van der Waals surface area contributed by atoms with Crippen LogP contribution >= 0.6 is 11.8 Å². The molecule has 0 saturated carbocycles. The molecule has 2 heterocycles. The van der Waals surface area contributed by atoms with Crippen molar-refractivity contribution in [3.63, 3.8) is 0 Å². The lowest BCUT2D eigenvalue weighted by atomic mass is 10.0. The number of amides is 1. The van der Waals surface area contributed by atoms with Crippen molar-refractivity contribution in [2.45, 2.75) is 23.7 Å². The number of hydrogen-bond donors (Lipinski definition) is 2. The van der Waals surface area contributed by atoms with Crippen LogP contribution in [0, 0.1) is 0 Å². The first kappa shape index (κ1) is 13.7. The van der Waals surface area contributed by atoms with Gasteiger partial charge in [-0.1, -0.05) is 29.8 Å². The van der Waals surface area contributed by atoms with E-state index in [1.54, 1.807) is 11.8 Å². The number of nitrogens with one attached hydrogen (secondary N) is 2. The van der Waals surface area contributed by atoms with Gasteiger partial charge in [0.15, 0.2) is 0 Å². The zero-order valence-electron chi connectivity index (χ0n) is 11.5. The van der Waals surface area contributed by atoms with E-state index in [1.807, 2.05) is 12.1 Å². The largest absolute Gasteiger partial charge is 0.355 e. The van der Waals surface area contributed by atoms with Gasteiger partial charge in [-0.15, -0.1) is 11.8 Å². The summed E-state index contributed by atoms with van der Waals surface area (Å²) in [5.74, 6) is 1.08. The van der Waals surface area contributed by atoms with Crippen molar-refractivity contribution in [2.75, 3.05) is 25.4 Å². The maximum absolute atomic E-state index is 12.3. The molecular weight excluding hydrogens is 268 g/mol. The van der Waals surface area contributed by atoms with Gasteiger partial charge in [-0.05, 0) is 31.0 Å². The van der Waals surface area contributed by atoms with E-state index >= 15 is 0 Å². The monoisotopic (exact) mass is 288 g/mol. The highest BCUT2D eigenvalue weighted by Gasteiger charge is 2.28. The Morgan fingerprint density at radius 3 is 3.15 bits per heavy atom.